The van der Waals surface area contributed by atoms with Gasteiger partial charge in [-0.1, -0.05) is 37.3 Å². The molecule has 0 saturated heterocycles. The lowest BCUT2D eigenvalue weighted by molar-refractivity contribution is -0.117. The zero-order valence-corrected chi connectivity index (χ0v) is 12.4. The molecule has 0 aliphatic carbocycles. The molecule has 1 N–H and O–H groups in total. The Morgan fingerprint density at radius 3 is 2.55 bits per heavy atom. The zero-order valence-electron chi connectivity index (χ0n) is 12.4. The maximum atomic E-state index is 13.5. The highest BCUT2D eigenvalue weighted by Gasteiger charge is 2.12. The average Bonchev–Trinajstić information content (AvgIpc) is 2.51. The van der Waals surface area contributed by atoms with Crippen molar-refractivity contribution in [3.05, 3.63) is 65.7 Å². The molecule has 116 valence electrons. The lowest BCUT2D eigenvalue weighted by atomic mass is 10.2. The summed E-state index contributed by atoms with van der Waals surface area (Å²) in [7, 11) is 0. The third-order valence-electron chi connectivity index (χ3n) is 3.27. The molecule has 0 unspecified atom stereocenters. The number of anilines is 1. The predicted molar refractivity (Wildman–Crippen MR) is 82.4 cm³/mol. The minimum Gasteiger partial charge on any atom is -0.322 e. The summed E-state index contributed by atoms with van der Waals surface area (Å²) < 4.78 is 26.6. The molecule has 0 spiro atoms. The van der Waals surface area contributed by atoms with Gasteiger partial charge in [-0.2, -0.15) is 0 Å². The topological polar surface area (TPSA) is 32.3 Å². The van der Waals surface area contributed by atoms with Crippen LogP contribution in [-0.4, -0.2) is 23.9 Å². The molecule has 0 radical (unpaired) electrons. The summed E-state index contributed by atoms with van der Waals surface area (Å²) >= 11 is 0. The third kappa shape index (κ3) is 4.63. The van der Waals surface area contributed by atoms with Gasteiger partial charge < -0.3 is 5.32 Å². The fourth-order valence-electron chi connectivity index (χ4n) is 2.11. The van der Waals surface area contributed by atoms with Gasteiger partial charge in [0.1, 0.15) is 11.6 Å². The van der Waals surface area contributed by atoms with E-state index in [0.29, 0.717) is 13.1 Å². The number of carbonyl (C=O) groups excluding carboxylic acids is 1. The zero-order chi connectivity index (χ0) is 15.9. The lowest BCUT2D eigenvalue weighted by Gasteiger charge is -2.20. The highest BCUT2D eigenvalue weighted by atomic mass is 19.1. The number of rotatable bonds is 6. The fourth-order valence-corrected chi connectivity index (χ4v) is 2.11. The van der Waals surface area contributed by atoms with E-state index in [2.05, 4.69) is 5.32 Å². The van der Waals surface area contributed by atoms with Crippen molar-refractivity contribution in [1.29, 1.82) is 0 Å². The fraction of sp³-hybridized carbons (Fsp3) is 0.235. The monoisotopic (exact) mass is 304 g/mol. The molecule has 3 nitrogen and oxygen atoms in total. The van der Waals surface area contributed by atoms with Gasteiger partial charge in [0.25, 0.3) is 0 Å². The molecule has 2 rings (SSSR count). The van der Waals surface area contributed by atoms with Crippen molar-refractivity contribution < 1.29 is 13.6 Å². The number of hydrogen-bond acceptors (Lipinski definition) is 2. The van der Waals surface area contributed by atoms with Crippen LogP contribution < -0.4 is 5.32 Å². The van der Waals surface area contributed by atoms with E-state index in [4.69, 9.17) is 0 Å². The quantitative estimate of drug-likeness (QED) is 0.887. The van der Waals surface area contributed by atoms with E-state index >= 15 is 0 Å². The summed E-state index contributed by atoms with van der Waals surface area (Å²) in [5, 5.41) is 2.41. The molecule has 0 saturated carbocycles. The first-order valence-corrected chi connectivity index (χ1v) is 7.09. The molecule has 0 atom stereocenters. The van der Waals surface area contributed by atoms with Gasteiger partial charge in [-0.05, 0) is 24.2 Å². The van der Waals surface area contributed by atoms with Crippen molar-refractivity contribution in [3.63, 3.8) is 0 Å². The maximum Gasteiger partial charge on any atom is 0.238 e. The van der Waals surface area contributed by atoms with E-state index in [1.165, 1.54) is 0 Å². The molecule has 5 heteroatoms. The molecule has 0 aliphatic rings. The standard InChI is InChI=1S/C17H18F2N2O/c1-2-21(11-13-6-4-3-5-7-13)12-17(22)20-16-10-14(18)8-9-15(16)19/h3-10H,2,11-12H2,1H3,(H,20,22). The molecule has 2 aromatic rings. The average molecular weight is 304 g/mol. The minimum absolute atomic E-state index is 0.112. The van der Waals surface area contributed by atoms with Crippen molar-refractivity contribution >= 4 is 11.6 Å². The molecular weight excluding hydrogens is 286 g/mol. The second-order valence-electron chi connectivity index (χ2n) is 4.96. The summed E-state index contributed by atoms with van der Waals surface area (Å²) in [6, 6.07) is 12.7. The Labute approximate surface area is 128 Å². The maximum absolute atomic E-state index is 13.5. The Kier molecular flexibility index (Phi) is 5.61. The molecule has 0 fully saturated rings. The first kappa shape index (κ1) is 16.1. The van der Waals surface area contributed by atoms with Crippen LogP contribution in [0.25, 0.3) is 0 Å². The smallest absolute Gasteiger partial charge is 0.238 e. The van der Waals surface area contributed by atoms with Crippen LogP contribution in [0.15, 0.2) is 48.5 Å². The number of nitrogens with zero attached hydrogens (tertiary/aromatic N) is 1. The van der Waals surface area contributed by atoms with Crippen LogP contribution in [0.3, 0.4) is 0 Å². The molecule has 0 aromatic heterocycles. The summed E-state index contributed by atoms with van der Waals surface area (Å²) in [5.74, 6) is -1.61. The molecule has 0 aliphatic heterocycles. The predicted octanol–water partition coefficient (Wildman–Crippen LogP) is 3.43. The van der Waals surface area contributed by atoms with E-state index < -0.39 is 11.6 Å². The van der Waals surface area contributed by atoms with Crippen molar-refractivity contribution in [2.45, 2.75) is 13.5 Å². The summed E-state index contributed by atoms with van der Waals surface area (Å²) in [4.78, 5) is 13.9. The van der Waals surface area contributed by atoms with Crippen LogP contribution >= 0.6 is 0 Å². The number of hydrogen-bond donors (Lipinski definition) is 1. The Balaban J connectivity index is 1.96. The van der Waals surface area contributed by atoms with Gasteiger partial charge >= 0.3 is 0 Å². The molecular formula is C17H18F2N2O. The van der Waals surface area contributed by atoms with E-state index in [1.807, 2.05) is 42.2 Å². The number of likely N-dealkylation sites (N-methyl/N-ethyl adjacent to an activating group) is 1. The van der Waals surface area contributed by atoms with Crippen molar-refractivity contribution in [1.82, 2.24) is 4.90 Å². The highest BCUT2D eigenvalue weighted by Crippen LogP contribution is 2.15. The van der Waals surface area contributed by atoms with Gasteiger partial charge in [0.05, 0.1) is 12.2 Å². The van der Waals surface area contributed by atoms with Crippen molar-refractivity contribution in [2.75, 3.05) is 18.4 Å². The van der Waals surface area contributed by atoms with Crippen LogP contribution in [0.1, 0.15) is 12.5 Å². The second kappa shape index (κ2) is 7.66. The van der Waals surface area contributed by atoms with E-state index in [1.54, 1.807) is 0 Å². The summed E-state index contributed by atoms with van der Waals surface area (Å²) in [5.41, 5.74) is 0.954. The van der Waals surface area contributed by atoms with Crippen LogP contribution in [0.4, 0.5) is 14.5 Å². The number of nitrogens with one attached hydrogen (secondary N) is 1. The van der Waals surface area contributed by atoms with Gasteiger partial charge in [-0.25, -0.2) is 8.78 Å². The van der Waals surface area contributed by atoms with Crippen LogP contribution in [-0.2, 0) is 11.3 Å². The molecule has 2 aromatic carbocycles. The number of benzene rings is 2. The largest absolute Gasteiger partial charge is 0.322 e. The van der Waals surface area contributed by atoms with E-state index in [0.717, 1.165) is 23.8 Å². The molecule has 22 heavy (non-hydrogen) atoms. The Bertz CT molecular complexity index is 632. The lowest BCUT2D eigenvalue weighted by Crippen LogP contribution is -2.33. The first-order valence-electron chi connectivity index (χ1n) is 7.09. The molecule has 1 amide bonds. The van der Waals surface area contributed by atoms with Crippen LogP contribution in [0.5, 0.6) is 0 Å². The van der Waals surface area contributed by atoms with Gasteiger partial charge in [-0.15, -0.1) is 0 Å². The van der Waals surface area contributed by atoms with E-state index in [9.17, 15) is 13.6 Å². The van der Waals surface area contributed by atoms with Gasteiger partial charge in [0, 0.05) is 12.6 Å². The van der Waals surface area contributed by atoms with Crippen LogP contribution in [0.2, 0.25) is 0 Å². The Morgan fingerprint density at radius 2 is 1.86 bits per heavy atom. The first-order chi connectivity index (χ1) is 10.6. The third-order valence-corrected chi connectivity index (χ3v) is 3.27. The van der Waals surface area contributed by atoms with Crippen molar-refractivity contribution in [3.8, 4) is 0 Å². The molecule has 0 bridgehead atoms. The van der Waals surface area contributed by atoms with Gasteiger partial charge in [0.2, 0.25) is 5.91 Å². The number of carbonyl (C=O) groups is 1. The van der Waals surface area contributed by atoms with Gasteiger partial charge in [-0.3, -0.25) is 9.69 Å². The Hall–Kier alpha value is -2.27. The van der Waals surface area contributed by atoms with Gasteiger partial charge in [0.15, 0.2) is 0 Å². The SMILES string of the molecule is CCN(CC(=O)Nc1cc(F)ccc1F)Cc1ccccc1. The minimum atomic E-state index is -0.652. The normalized spacial score (nSPS) is 10.7. The number of halogens is 2. The summed E-state index contributed by atoms with van der Waals surface area (Å²) in [6.45, 7) is 3.35. The molecule has 0 heterocycles. The number of amides is 1. The second-order valence-corrected chi connectivity index (χ2v) is 4.96. The van der Waals surface area contributed by atoms with Crippen molar-refractivity contribution in [2.24, 2.45) is 0 Å². The highest BCUT2D eigenvalue weighted by molar-refractivity contribution is 5.92. The van der Waals surface area contributed by atoms with E-state index in [-0.39, 0.29) is 18.1 Å². The summed E-state index contributed by atoms with van der Waals surface area (Å²) in [6.07, 6.45) is 0. The Morgan fingerprint density at radius 1 is 1.14 bits per heavy atom. The van der Waals surface area contributed by atoms with Crippen LogP contribution in [0, 0.1) is 11.6 Å².